The molecule has 0 spiro atoms. The van der Waals surface area contributed by atoms with Crippen LogP contribution < -0.4 is 9.64 Å². The predicted molar refractivity (Wildman–Crippen MR) is 134 cm³/mol. The Kier molecular flexibility index (Phi) is 6.93. The van der Waals surface area contributed by atoms with E-state index in [0.717, 1.165) is 22.6 Å². The Hall–Kier alpha value is -4.20. The molecule has 3 aromatic rings. The number of anilines is 1. The molecule has 186 valence electrons. The van der Waals surface area contributed by atoms with Crippen LogP contribution in [0.2, 0.25) is 0 Å². The minimum Gasteiger partial charge on any atom is -0.497 e. The number of carbonyl (C=O) groups excluding carboxylic acids is 2. The Balaban J connectivity index is 1.35. The van der Waals surface area contributed by atoms with Crippen LogP contribution >= 0.6 is 0 Å². The molecule has 8 heteroatoms. The lowest BCUT2D eigenvalue weighted by Crippen LogP contribution is -2.50. The number of hydrazine groups is 1. The third-order valence-corrected chi connectivity index (χ3v) is 6.53. The average molecular weight is 488 g/mol. The van der Waals surface area contributed by atoms with Crippen LogP contribution in [-0.4, -0.2) is 54.5 Å². The van der Waals surface area contributed by atoms with E-state index < -0.39 is 12.2 Å². The van der Waals surface area contributed by atoms with E-state index in [1.165, 1.54) is 10.0 Å². The number of fused-ring (bicyclic) bond motifs is 2. The summed E-state index contributed by atoms with van der Waals surface area (Å²) in [4.78, 5) is 28.8. The lowest BCUT2D eigenvalue weighted by atomic mass is 10.0. The highest BCUT2D eigenvalue weighted by molar-refractivity contribution is 5.76. The molecule has 2 saturated heterocycles. The Bertz CT molecular complexity index is 1120. The minimum atomic E-state index is -0.560. The number of benzene rings is 3. The topological polar surface area (TPSA) is 71.6 Å². The Morgan fingerprint density at radius 1 is 0.750 bits per heavy atom. The van der Waals surface area contributed by atoms with Gasteiger partial charge in [-0.05, 0) is 29.7 Å². The molecule has 8 nitrogen and oxygen atoms in total. The maximum absolute atomic E-state index is 13.3. The van der Waals surface area contributed by atoms with Gasteiger partial charge in [-0.3, -0.25) is 0 Å². The van der Waals surface area contributed by atoms with Crippen LogP contribution in [-0.2, 0) is 22.7 Å². The molecule has 0 aromatic heterocycles. The zero-order chi connectivity index (χ0) is 24.9. The predicted octanol–water partition coefficient (Wildman–Crippen LogP) is 4.85. The van der Waals surface area contributed by atoms with Gasteiger partial charge in [0.2, 0.25) is 0 Å². The zero-order valence-corrected chi connectivity index (χ0v) is 20.2. The molecule has 2 aliphatic heterocycles. The van der Waals surface area contributed by atoms with E-state index in [1.54, 1.807) is 7.11 Å². The normalized spacial score (nSPS) is 18.6. The maximum atomic E-state index is 13.3. The third kappa shape index (κ3) is 5.07. The largest absolute Gasteiger partial charge is 0.497 e. The number of amides is 2. The lowest BCUT2D eigenvalue weighted by molar-refractivity contribution is -0.0199. The van der Waals surface area contributed by atoms with Gasteiger partial charge in [0.1, 0.15) is 19.0 Å². The molecular weight excluding hydrogens is 458 g/mol. The molecule has 36 heavy (non-hydrogen) atoms. The summed E-state index contributed by atoms with van der Waals surface area (Å²) in [6.45, 7) is 1.37. The van der Waals surface area contributed by atoms with E-state index >= 15 is 0 Å². The van der Waals surface area contributed by atoms with Crippen LogP contribution in [0, 0.1) is 0 Å². The highest BCUT2D eigenvalue weighted by atomic mass is 16.6. The molecule has 2 unspecified atom stereocenters. The second-order valence-corrected chi connectivity index (χ2v) is 8.92. The van der Waals surface area contributed by atoms with Crippen molar-refractivity contribution in [1.82, 2.24) is 10.0 Å². The van der Waals surface area contributed by atoms with E-state index in [9.17, 15) is 9.59 Å². The monoisotopic (exact) mass is 487 g/mol. The minimum absolute atomic E-state index is 0.125. The molecule has 2 aliphatic rings. The van der Waals surface area contributed by atoms with Gasteiger partial charge in [-0.2, -0.15) is 0 Å². The summed E-state index contributed by atoms with van der Waals surface area (Å²) in [6.07, 6.45) is -0.465. The third-order valence-electron chi connectivity index (χ3n) is 6.53. The van der Waals surface area contributed by atoms with Crippen molar-refractivity contribution < 1.29 is 23.8 Å². The molecule has 0 radical (unpaired) electrons. The molecule has 2 heterocycles. The number of ether oxygens (including phenoxy) is 3. The Morgan fingerprint density at radius 2 is 1.28 bits per heavy atom. The van der Waals surface area contributed by atoms with Crippen LogP contribution in [0.4, 0.5) is 15.3 Å². The smallest absolute Gasteiger partial charge is 0.429 e. The van der Waals surface area contributed by atoms with Gasteiger partial charge < -0.3 is 19.1 Å². The first kappa shape index (κ1) is 23.5. The summed E-state index contributed by atoms with van der Waals surface area (Å²) in [6, 6.07) is 26.3. The Morgan fingerprint density at radius 3 is 1.78 bits per heavy atom. The summed E-state index contributed by atoms with van der Waals surface area (Å²) < 4.78 is 16.7. The van der Waals surface area contributed by atoms with Gasteiger partial charge in [0.25, 0.3) is 0 Å². The van der Waals surface area contributed by atoms with Gasteiger partial charge in [0.05, 0.1) is 19.2 Å². The van der Waals surface area contributed by atoms with Crippen molar-refractivity contribution in [2.24, 2.45) is 0 Å². The molecule has 2 atom stereocenters. The molecule has 0 N–H and O–H groups in total. The molecule has 3 aromatic carbocycles. The fourth-order valence-corrected chi connectivity index (χ4v) is 4.82. The number of carbonyl (C=O) groups is 2. The summed E-state index contributed by atoms with van der Waals surface area (Å²) in [5.41, 5.74) is 2.73. The van der Waals surface area contributed by atoms with E-state index in [4.69, 9.17) is 14.2 Å². The summed E-state index contributed by atoms with van der Waals surface area (Å²) >= 11 is 0. The summed E-state index contributed by atoms with van der Waals surface area (Å²) in [5, 5.41) is 2.89. The second kappa shape index (κ2) is 10.6. The summed E-state index contributed by atoms with van der Waals surface area (Å²) in [7, 11) is 1.63. The molecule has 2 fully saturated rings. The fourth-order valence-electron chi connectivity index (χ4n) is 4.82. The van der Waals surface area contributed by atoms with E-state index in [1.807, 2.05) is 84.9 Å². The molecular formula is C28H29N3O5. The highest BCUT2D eigenvalue weighted by Gasteiger charge is 2.50. The van der Waals surface area contributed by atoms with Gasteiger partial charge in [0.15, 0.2) is 0 Å². The fraction of sp³-hybridized carbons (Fsp3) is 0.286. The quantitative estimate of drug-likeness (QED) is 0.495. The van der Waals surface area contributed by atoms with Crippen molar-refractivity contribution >= 4 is 17.9 Å². The van der Waals surface area contributed by atoms with Crippen molar-refractivity contribution in [3.8, 4) is 5.75 Å². The number of piperidine rings is 1. The van der Waals surface area contributed by atoms with Crippen molar-refractivity contribution in [2.45, 2.75) is 31.7 Å². The van der Waals surface area contributed by atoms with Crippen molar-refractivity contribution in [2.75, 3.05) is 25.1 Å². The average Bonchev–Trinajstić information content (AvgIpc) is 3.20. The first-order valence-corrected chi connectivity index (χ1v) is 12.0. The van der Waals surface area contributed by atoms with E-state index in [2.05, 4.69) is 4.90 Å². The first-order chi connectivity index (χ1) is 17.6. The second-order valence-electron chi connectivity index (χ2n) is 8.92. The number of methoxy groups -OCH3 is 1. The number of nitrogens with zero attached hydrogens (tertiary/aromatic N) is 3. The van der Waals surface area contributed by atoms with Crippen LogP contribution in [0.5, 0.6) is 5.75 Å². The molecule has 2 bridgehead atoms. The molecule has 0 saturated carbocycles. The first-order valence-electron chi connectivity index (χ1n) is 12.0. The maximum Gasteiger partial charge on any atom is 0.429 e. The number of hydrogen-bond donors (Lipinski definition) is 0. The number of hydrogen-bond acceptors (Lipinski definition) is 6. The zero-order valence-electron chi connectivity index (χ0n) is 20.2. The molecule has 2 amide bonds. The Labute approximate surface area is 210 Å². The van der Waals surface area contributed by atoms with Crippen molar-refractivity contribution in [1.29, 1.82) is 0 Å². The molecule has 5 rings (SSSR count). The highest BCUT2D eigenvalue weighted by Crippen LogP contribution is 2.35. The van der Waals surface area contributed by atoms with Gasteiger partial charge in [-0.1, -0.05) is 66.7 Å². The van der Waals surface area contributed by atoms with Crippen LogP contribution in [0.3, 0.4) is 0 Å². The summed E-state index contributed by atoms with van der Waals surface area (Å²) in [5.74, 6) is 0.753. The van der Waals surface area contributed by atoms with Gasteiger partial charge in [-0.25, -0.2) is 19.6 Å². The van der Waals surface area contributed by atoms with Gasteiger partial charge in [0, 0.05) is 24.8 Å². The van der Waals surface area contributed by atoms with Crippen LogP contribution in [0.15, 0.2) is 84.9 Å². The van der Waals surface area contributed by atoms with E-state index in [0.29, 0.717) is 19.5 Å². The lowest BCUT2D eigenvalue weighted by Gasteiger charge is -2.32. The van der Waals surface area contributed by atoms with Gasteiger partial charge >= 0.3 is 12.2 Å². The van der Waals surface area contributed by atoms with Crippen LogP contribution in [0.25, 0.3) is 0 Å². The molecule has 0 aliphatic carbocycles. The van der Waals surface area contributed by atoms with Gasteiger partial charge in [-0.15, -0.1) is 0 Å². The van der Waals surface area contributed by atoms with Crippen molar-refractivity contribution in [3.05, 3.63) is 96.1 Å². The van der Waals surface area contributed by atoms with Crippen LogP contribution in [0.1, 0.15) is 17.5 Å². The number of rotatable bonds is 6. The van der Waals surface area contributed by atoms with Crippen molar-refractivity contribution in [3.63, 3.8) is 0 Å². The van der Waals surface area contributed by atoms with E-state index in [-0.39, 0.29) is 25.3 Å². The SMILES string of the molecule is COc1cccc(N2CC3CC(C2)N(C(=O)OCc2ccccc2)N3C(=O)OCc2ccccc2)c1. The standard InChI is InChI=1S/C28H29N3O5/c1-34-26-14-8-13-23(16-26)29-17-24-15-25(18-29)31(28(33)36-20-22-11-6-3-7-12-22)30(24)27(32)35-19-21-9-4-2-5-10-21/h2-14,16,24-25H,15,17-20H2,1H3.